The molecule has 0 saturated heterocycles. The van der Waals surface area contributed by atoms with Crippen LogP contribution in [0.25, 0.3) is 0 Å². The zero-order valence-electron chi connectivity index (χ0n) is 32.1. The second-order valence-electron chi connectivity index (χ2n) is 14.8. The number of hydrogen-bond acceptors (Lipinski definition) is 8. The molecule has 56 heavy (non-hydrogen) atoms. The molecule has 4 spiro atoms. The van der Waals surface area contributed by atoms with Gasteiger partial charge in [-0.1, -0.05) is 76.1 Å². The van der Waals surface area contributed by atoms with E-state index in [2.05, 4.69) is 71.5 Å². The molecular formula is C43H45BrCl2CuFN4O4. The summed E-state index contributed by atoms with van der Waals surface area (Å²) in [5.74, 6) is 2.95. The van der Waals surface area contributed by atoms with Gasteiger partial charge in [0.05, 0.1) is 20.7 Å². The molecular weight excluding hydrogens is 870 g/mol. The van der Waals surface area contributed by atoms with Crippen molar-refractivity contribution in [2.45, 2.75) is 85.9 Å². The summed E-state index contributed by atoms with van der Waals surface area (Å²) in [6, 6.07) is 28.6. The molecule has 13 heteroatoms. The first-order chi connectivity index (χ1) is 27.6. The molecule has 300 valence electrons. The standard InChI is InChI=1S/C21H21BrN2O2.C21H21ClN2O2.CH3F.ClH.Cu/c2*1-25-14-8-10-20(11-9-14)21(17-12-13(22)6-7-18(17)26-20)16-5-3-2-4-15(16)19(23)24-21;1-2;;/h2*2-7,12,14H,8-11H2,1H3,(H2,23,24);1H3;1H;/q;;;;+1/p-1/i;;1D;;. The average molecular weight is 916 g/mol. The van der Waals surface area contributed by atoms with Gasteiger partial charge < -0.3 is 30.4 Å². The summed E-state index contributed by atoms with van der Waals surface area (Å²) in [5, 5.41) is 0.688. The predicted molar refractivity (Wildman–Crippen MR) is 220 cm³/mol. The fraction of sp³-hybridized carbons (Fsp3) is 0.395. The number of nitrogens with zero attached hydrogens (tertiary/aromatic N) is 2. The third-order valence-electron chi connectivity index (χ3n) is 12.5. The number of hydrogen-bond donors (Lipinski definition) is 2. The molecule has 0 bridgehead atoms. The molecule has 10 rings (SSSR count). The van der Waals surface area contributed by atoms with Crippen molar-refractivity contribution in [1.29, 1.82) is 0 Å². The van der Waals surface area contributed by atoms with Crippen molar-refractivity contribution < 1.29 is 39.8 Å². The molecule has 2 fully saturated rings. The Bertz CT molecular complexity index is 2030. The van der Waals surface area contributed by atoms with E-state index in [9.17, 15) is 4.39 Å². The Morgan fingerprint density at radius 2 is 1.12 bits per heavy atom. The van der Waals surface area contributed by atoms with Gasteiger partial charge in [0.1, 0.15) is 34.4 Å². The van der Waals surface area contributed by atoms with Crippen LogP contribution in [-0.4, -0.2) is 56.5 Å². The molecule has 4 N–H and O–H groups in total. The summed E-state index contributed by atoms with van der Waals surface area (Å²) in [4.78, 5) is 10.2. The van der Waals surface area contributed by atoms with Gasteiger partial charge in [0.2, 0.25) is 0 Å². The molecule has 0 amide bonds. The van der Waals surface area contributed by atoms with Crippen molar-refractivity contribution in [2.24, 2.45) is 21.5 Å². The Hall–Kier alpha value is -3.15. The van der Waals surface area contributed by atoms with Gasteiger partial charge in [-0.05, 0) is 98.9 Å². The first kappa shape index (κ1) is 39.7. The van der Waals surface area contributed by atoms with Crippen LogP contribution in [0.4, 0.5) is 4.39 Å². The van der Waals surface area contributed by atoms with E-state index in [1.165, 1.54) is 0 Å². The second-order valence-corrected chi connectivity index (χ2v) is 16.2. The van der Waals surface area contributed by atoms with E-state index in [1.54, 1.807) is 14.2 Å². The Kier molecular flexibility index (Phi) is 11.5. The molecule has 4 aliphatic heterocycles. The number of fused-ring (bicyclic) bond motifs is 10. The molecule has 4 aromatic rings. The van der Waals surface area contributed by atoms with E-state index in [0.717, 1.165) is 101 Å². The van der Waals surface area contributed by atoms with Crippen LogP contribution in [0, 0.1) is 0 Å². The van der Waals surface area contributed by atoms with E-state index >= 15 is 0 Å². The fourth-order valence-corrected chi connectivity index (χ4v) is 10.6. The van der Waals surface area contributed by atoms with Crippen molar-refractivity contribution in [3.8, 4) is 11.5 Å². The third kappa shape index (κ3) is 6.19. The van der Waals surface area contributed by atoms with Crippen molar-refractivity contribution in [2.75, 3.05) is 21.4 Å². The summed E-state index contributed by atoms with van der Waals surface area (Å²) in [5.41, 5.74) is 17.1. The molecule has 0 radical (unpaired) electrons. The topological polar surface area (TPSA) is 114 Å². The van der Waals surface area contributed by atoms with Crippen molar-refractivity contribution in [1.82, 2.24) is 0 Å². The zero-order chi connectivity index (χ0) is 40.6. The van der Waals surface area contributed by atoms with Gasteiger partial charge in [0.25, 0.3) is 0 Å². The average Bonchev–Trinajstić information content (AvgIpc) is 3.89. The van der Waals surface area contributed by atoms with Gasteiger partial charge in [-0.3, -0.25) is 4.39 Å². The number of halogens is 4. The number of alkyl halides is 1. The third-order valence-corrected chi connectivity index (χ3v) is 13.2. The Balaban J connectivity index is 0.000000157. The Morgan fingerprint density at radius 3 is 1.57 bits per heavy atom. The van der Waals surface area contributed by atoms with Crippen LogP contribution in [0.1, 0.15) is 86.1 Å². The minimum absolute atomic E-state index is 0.270. The van der Waals surface area contributed by atoms with Gasteiger partial charge in [-0.15, -0.1) is 0 Å². The van der Waals surface area contributed by atoms with E-state index in [-0.39, 0.29) is 12.2 Å². The van der Waals surface area contributed by atoms with Crippen LogP contribution in [0.15, 0.2) is 99.4 Å². The van der Waals surface area contributed by atoms with Gasteiger partial charge in [0, 0.05) is 46.0 Å². The monoisotopic (exact) mass is 913 g/mol. The minimum atomic E-state index is -1.00. The number of amidine groups is 2. The number of rotatable bonds is 2. The normalized spacial score (nSPS) is 29.8. The van der Waals surface area contributed by atoms with Gasteiger partial charge in [-0.2, -0.15) is 0 Å². The Labute approximate surface area is 355 Å². The number of benzene rings is 4. The number of aliphatic imine (C=N–C) groups is 2. The van der Waals surface area contributed by atoms with E-state index in [4.69, 9.17) is 53.4 Å². The quantitative estimate of drug-likeness (QED) is 0.194. The van der Waals surface area contributed by atoms with Crippen LogP contribution in [-0.2, 0) is 35.7 Å². The van der Waals surface area contributed by atoms with Crippen LogP contribution in [0.3, 0.4) is 0 Å². The number of nitrogens with two attached hydrogens (primary N) is 2. The van der Waals surface area contributed by atoms with Gasteiger partial charge in [0.15, 0.2) is 11.1 Å². The van der Waals surface area contributed by atoms with E-state index < -0.39 is 29.4 Å². The van der Waals surface area contributed by atoms with Crippen LogP contribution in [0.2, 0.25) is 5.02 Å². The summed E-state index contributed by atoms with van der Waals surface area (Å²) < 4.78 is 41.1. The first-order valence-corrected chi connectivity index (χ1v) is 21.0. The molecule has 8 nitrogen and oxygen atoms in total. The predicted octanol–water partition coefficient (Wildman–Crippen LogP) is 9.43. The zero-order valence-corrected chi connectivity index (χ0v) is 35.1. The van der Waals surface area contributed by atoms with Crippen molar-refractivity contribution >= 4 is 49.3 Å². The molecule has 0 aromatic heterocycles. The molecule has 4 heterocycles. The van der Waals surface area contributed by atoms with Crippen molar-refractivity contribution in [3.63, 3.8) is 0 Å². The first-order valence-electron chi connectivity index (χ1n) is 19.2. The van der Waals surface area contributed by atoms with E-state index in [0.29, 0.717) is 16.7 Å². The summed E-state index contributed by atoms with van der Waals surface area (Å²) in [6.07, 6.45) is 7.88. The molecule has 2 atom stereocenters. The van der Waals surface area contributed by atoms with Crippen LogP contribution >= 0.6 is 37.6 Å². The van der Waals surface area contributed by atoms with E-state index in [1.807, 2.05) is 54.6 Å². The molecule has 2 unspecified atom stereocenters. The summed E-state index contributed by atoms with van der Waals surface area (Å²) >= 11 is 13.7. The van der Waals surface area contributed by atoms with Gasteiger partial charge >= 0.3 is 25.2 Å². The summed E-state index contributed by atoms with van der Waals surface area (Å²) in [7, 11) is 6.78. The van der Waals surface area contributed by atoms with Crippen LogP contribution in [0.5, 0.6) is 11.5 Å². The fourth-order valence-electron chi connectivity index (χ4n) is 10.1. The van der Waals surface area contributed by atoms with Gasteiger partial charge in [-0.25, -0.2) is 9.98 Å². The number of methoxy groups -OCH3 is 2. The summed E-state index contributed by atoms with van der Waals surface area (Å²) in [6.45, 7) is 0. The molecule has 4 aromatic carbocycles. The second kappa shape index (κ2) is 16.2. The molecule has 2 aliphatic carbocycles. The molecule has 2 saturated carbocycles. The SMILES string of the molecule is COC1CCC2(CC1)Oc1ccc(Br)cc1C21N=C(N)c2ccccc21.COC1CCC2(CC1)Oc1ccc(Cl)cc1C21N=C(N)c2ccccc21.[2H]CF.[Cl][Cu]. The number of ether oxygens (including phenoxy) is 4. The van der Waals surface area contributed by atoms with Crippen molar-refractivity contribution in [3.05, 3.63) is 128 Å². The maximum atomic E-state index is 9.96. The van der Waals surface area contributed by atoms with Crippen LogP contribution < -0.4 is 20.9 Å². The maximum absolute atomic E-state index is 9.96. The Morgan fingerprint density at radius 1 is 0.714 bits per heavy atom. The molecule has 6 aliphatic rings.